The number of thiophene rings is 1. The summed E-state index contributed by atoms with van der Waals surface area (Å²) in [7, 11) is 0. The number of benzene rings is 1. The van der Waals surface area contributed by atoms with E-state index < -0.39 is 0 Å². The minimum Gasteiger partial charge on any atom is -0.222 e. The summed E-state index contributed by atoms with van der Waals surface area (Å²) in [4.78, 5) is 10.5. The maximum atomic E-state index is 4.71. The molecule has 3 aromatic rings. The zero-order valence-electron chi connectivity index (χ0n) is 11.6. The average molecular weight is 331 g/mol. The molecule has 0 saturated carbocycles. The molecule has 0 unspecified atom stereocenters. The molecule has 5 heteroatoms. The number of fused-ring (bicyclic) bond motifs is 1. The Morgan fingerprint density at radius 1 is 1.19 bits per heavy atom. The highest BCUT2D eigenvalue weighted by atomic mass is 32.2. The van der Waals surface area contributed by atoms with E-state index in [9.17, 15) is 0 Å². The molecule has 2 nitrogen and oxygen atoms in total. The Balaban J connectivity index is 1.97. The van der Waals surface area contributed by atoms with E-state index in [1.165, 1.54) is 10.5 Å². The zero-order chi connectivity index (χ0) is 14.7. The van der Waals surface area contributed by atoms with Crippen LogP contribution in [0.4, 0.5) is 0 Å². The van der Waals surface area contributed by atoms with Gasteiger partial charge in [0.2, 0.25) is 0 Å². The van der Waals surface area contributed by atoms with Crippen molar-refractivity contribution in [2.75, 3.05) is 5.75 Å². The van der Waals surface area contributed by atoms with Crippen LogP contribution in [0.5, 0.6) is 0 Å². The molecule has 0 aliphatic rings. The Labute approximate surface area is 136 Å². The second-order valence-electron chi connectivity index (χ2n) is 4.46. The van der Waals surface area contributed by atoms with Crippen LogP contribution in [-0.4, -0.2) is 15.7 Å². The summed E-state index contributed by atoms with van der Waals surface area (Å²) in [5.74, 6) is 0.824. The Morgan fingerprint density at radius 3 is 2.76 bits per heavy atom. The molecule has 0 radical (unpaired) electrons. The first-order valence-corrected chi connectivity index (χ1v) is 9.18. The van der Waals surface area contributed by atoms with Crippen molar-refractivity contribution in [2.24, 2.45) is 0 Å². The summed E-state index contributed by atoms with van der Waals surface area (Å²) in [6.07, 6.45) is 1.87. The summed E-state index contributed by atoms with van der Waals surface area (Å²) in [6.45, 7) is 5.84. The molecule has 0 fully saturated rings. The summed E-state index contributed by atoms with van der Waals surface area (Å²) in [5, 5.41) is 3.92. The lowest BCUT2D eigenvalue weighted by atomic mass is 10.2. The third-order valence-electron chi connectivity index (χ3n) is 2.82. The number of rotatable bonds is 5. The fraction of sp³-hybridized carbons (Fsp3) is 0.125. The van der Waals surface area contributed by atoms with E-state index in [1.54, 1.807) is 34.9 Å². The lowest BCUT2D eigenvalue weighted by molar-refractivity contribution is 0.937. The van der Waals surface area contributed by atoms with Crippen LogP contribution in [0, 0.1) is 6.92 Å². The molecule has 0 spiro atoms. The quantitative estimate of drug-likeness (QED) is 0.270. The van der Waals surface area contributed by atoms with Crippen molar-refractivity contribution in [3.05, 3.63) is 53.9 Å². The fourth-order valence-corrected chi connectivity index (χ4v) is 4.25. The Morgan fingerprint density at radius 2 is 2.00 bits per heavy atom. The molecule has 0 bridgehead atoms. The molecule has 0 N–H and O–H groups in total. The minimum atomic E-state index is 0.815. The van der Waals surface area contributed by atoms with Gasteiger partial charge in [0.25, 0.3) is 0 Å². The molecule has 0 atom stereocenters. The van der Waals surface area contributed by atoms with Gasteiger partial charge in [0, 0.05) is 10.6 Å². The van der Waals surface area contributed by atoms with Crippen molar-refractivity contribution in [1.29, 1.82) is 0 Å². The number of hydrogen-bond acceptors (Lipinski definition) is 5. The molecule has 0 aliphatic heterocycles. The van der Waals surface area contributed by atoms with Crippen LogP contribution in [0.2, 0.25) is 0 Å². The molecule has 2 heterocycles. The maximum Gasteiger partial charge on any atom is 0.189 e. The third kappa shape index (κ3) is 3.48. The van der Waals surface area contributed by atoms with Gasteiger partial charge in [-0.25, -0.2) is 9.97 Å². The highest BCUT2D eigenvalue weighted by Gasteiger charge is 2.10. The van der Waals surface area contributed by atoms with E-state index in [0.29, 0.717) is 0 Å². The highest BCUT2D eigenvalue weighted by molar-refractivity contribution is 8.00. The van der Waals surface area contributed by atoms with Crippen LogP contribution >= 0.6 is 34.9 Å². The van der Waals surface area contributed by atoms with E-state index in [2.05, 4.69) is 54.2 Å². The second-order valence-corrected chi connectivity index (χ2v) is 7.43. The molecule has 0 amide bonds. The largest absolute Gasteiger partial charge is 0.222 e. The topological polar surface area (TPSA) is 25.8 Å². The Bertz CT molecular complexity index is 763. The molecule has 21 heavy (non-hydrogen) atoms. The van der Waals surface area contributed by atoms with Gasteiger partial charge in [-0.1, -0.05) is 47.3 Å². The fourth-order valence-electron chi connectivity index (χ4n) is 1.80. The second kappa shape index (κ2) is 6.64. The van der Waals surface area contributed by atoms with E-state index in [1.807, 2.05) is 6.08 Å². The Hall–Kier alpha value is -1.30. The van der Waals surface area contributed by atoms with Gasteiger partial charge in [-0.2, -0.15) is 0 Å². The molecule has 0 aliphatic carbocycles. The third-order valence-corrected chi connectivity index (χ3v) is 5.70. The first-order valence-electron chi connectivity index (χ1n) is 6.50. The highest BCUT2D eigenvalue weighted by Crippen LogP contribution is 2.35. The number of hydrogen-bond donors (Lipinski definition) is 0. The van der Waals surface area contributed by atoms with Crippen LogP contribution in [0.1, 0.15) is 5.56 Å². The molecule has 3 rings (SSSR count). The molecule has 0 saturated heterocycles. The number of aromatic nitrogens is 2. The normalized spacial score (nSPS) is 10.9. The molecule has 1 aromatic carbocycles. The summed E-state index contributed by atoms with van der Waals surface area (Å²) < 4.78 is 1.16. The van der Waals surface area contributed by atoms with Crippen molar-refractivity contribution >= 4 is 45.1 Å². The predicted octanol–water partition coefficient (Wildman–Crippen LogP) is 5.43. The van der Waals surface area contributed by atoms with Crippen LogP contribution in [0.3, 0.4) is 0 Å². The standard InChI is InChI=1S/C16H14N2S3/c1-3-9-20-16-17-13-8-10-19-14(13)15(18-16)21-12-6-4-11(2)5-7-12/h3-8,10H,1,9H2,2H3. The molecular weight excluding hydrogens is 316 g/mol. The first-order chi connectivity index (χ1) is 10.3. The van der Waals surface area contributed by atoms with E-state index in [0.717, 1.165) is 26.2 Å². The lowest BCUT2D eigenvalue weighted by Crippen LogP contribution is -1.90. The van der Waals surface area contributed by atoms with Crippen LogP contribution < -0.4 is 0 Å². The minimum absolute atomic E-state index is 0.815. The SMILES string of the molecule is C=CCSc1nc(Sc2ccc(C)cc2)c2sccc2n1. The summed E-state index contributed by atoms with van der Waals surface area (Å²) in [5.41, 5.74) is 2.29. The van der Waals surface area contributed by atoms with Gasteiger partial charge in [0.1, 0.15) is 5.03 Å². The lowest BCUT2D eigenvalue weighted by Gasteiger charge is -2.05. The van der Waals surface area contributed by atoms with Gasteiger partial charge in [-0.05, 0) is 30.5 Å². The summed E-state index contributed by atoms with van der Waals surface area (Å²) >= 11 is 5.01. The van der Waals surface area contributed by atoms with Crippen molar-refractivity contribution in [2.45, 2.75) is 22.0 Å². The van der Waals surface area contributed by atoms with Crippen molar-refractivity contribution in [1.82, 2.24) is 9.97 Å². The van der Waals surface area contributed by atoms with Crippen molar-refractivity contribution in [3.8, 4) is 0 Å². The number of thioether (sulfide) groups is 1. The van der Waals surface area contributed by atoms with Crippen LogP contribution in [0.15, 0.2) is 63.4 Å². The molecule has 2 aromatic heterocycles. The number of aryl methyl sites for hydroxylation is 1. The van der Waals surface area contributed by atoms with Gasteiger partial charge in [-0.15, -0.1) is 17.9 Å². The zero-order valence-corrected chi connectivity index (χ0v) is 14.0. The van der Waals surface area contributed by atoms with Gasteiger partial charge in [-0.3, -0.25) is 0 Å². The van der Waals surface area contributed by atoms with Crippen LogP contribution in [0.25, 0.3) is 10.2 Å². The van der Waals surface area contributed by atoms with Crippen molar-refractivity contribution in [3.63, 3.8) is 0 Å². The van der Waals surface area contributed by atoms with Crippen molar-refractivity contribution < 1.29 is 0 Å². The van der Waals surface area contributed by atoms with Gasteiger partial charge in [0.05, 0.1) is 10.2 Å². The number of nitrogens with zero attached hydrogens (tertiary/aromatic N) is 2. The maximum absolute atomic E-state index is 4.71. The Kier molecular flexibility index (Phi) is 4.63. The molecular formula is C16H14N2S3. The van der Waals surface area contributed by atoms with Gasteiger partial charge in [0.15, 0.2) is 5.16 Å². The van der Waals surface area contributed by atoms with E-state index >= 15 is 0 Å². The van der Waals surface area contributed by atoms with Gasteiger partial charge < -0.3 is 0 Å². The molecule has 106 valence electrons. The average Bonchev–Trinajstić information content (AvgIpc) is 2.96. The van der Waals surface area contributed by atoms with Gasteiger partial charge >= 0.3 is 0 Å². The summed E-state index contributed by atoms with van der Waals surface area (Å²) in [6, 6.07) is 10.6. The first kappa shape index (κ1) is 14.6. The van der Waals surface area contributed by atoms with Crippen LogP contribution in [-0.2, 0) is 0 Å². The predicted molar refractivity (Wildman–Crippen MR) is 93.6 cm³/mol. The smallest absolute Gasteiger partial charge is 0.189 e. The van der Waals surface area contributed by atoms with E-state index in [-0.39, 0.29) is 0 Å². The van der Waals surface area contributed by atoms with E-state index in [4.69, 9.17) is 4.98 Å². The monoisotopic (exact) mass is 330 g/mol.